The highest BCUT2D eigenvalue weighted by Crippen LogP contribution is 2.14. The standard InChI is InChI=1S/C17H30N2O/c1-13(2)17(18)10-11-19(4)14(3)12-15-6-8-16(20-5)9-7-15/h6-9,13-14,17H,10-12,18H2,1-5H3. The minimum Gasteiger partial charge on any atom is -0.497 e. The summed E-state index contributed by atoms with van der Waals surface area (Å²) in [7, 11) is 3.88. The number of likely N-dealkylation sites (N-methyl/N-ethyl adjacent to an activating group) is 1. The molecule has 0 saturated carbocycles. The zero-order chi connectivity index (χ0) is 15.1. The van der Waals surface area contributed by atoms with Gasteiger partial charge in [-0.2, -0.15) is 0 Å². The zero-order valence-electron chi connectivity index (χ0n) is 13.6. The monoisotopic (exact) mass is 278 g/mol. The van der Waals surface area contributed by atoms with Crippen molar-refractivity contribution < 1.29 is 4.74 Å². The molecule has 20 heavy (non-hydrogen) atoms. The first-order valence-electron chi connectivity index (χ1n) is 7.52. The van der Waals surface area contributed by atoms with Crippen LogP contribution in [0, 0.1) is 5.92 Å². The van der Waals surface area contributed by atoms with Crippen molar-refractivity contribution in [3.05, 3.63) is 29.8 Å². The van der Waals surface area contributed by atoms with Gasteiger partial charge in [-0.25, -0.2) is 0 Å². The minimum atomic E-state index is 0.297. The highest BCUT2D eigenvalue weighted by atomic mass is 16.5. The van der Waals surface area contributed by atoms with Crippen LogP contribution in [0.2, 0.25) is 0 Å². The summed E-state index contributed by atoms with van der Waals surface area (Å²) in [5.74, 6) is 1.47. The second-order valence-electron chi connectivity index (χ2n) is 6.08. The van der Waals surface area contributed by atoms with Gasteiger partial charge in [0.05, 0.1) is 7.11 Å². The maximum Gasteiger partial charge on any atom is 0.118 e. The fourth-order valence-electron chi connectivity index (χ4n) is 2.16. The molecular weight excluding hydrogens is 248 g/mol. The van der Waals surface area contributed by atoms with E-state index >= 15 is 0 Å². The number of nitrogens with two attached hydrogens (primary N) is 1. The quantitative estimate of drug-likeness (QED) is 0.794. The molecule has 1 aromatic rings. The summed E-state index contributed by atoms with van der Waals surface area (Å²) >= 11 is 0. The summed E-state index contributed by atoms with van der Waals surface area (Å²) in [6.07, 6.45) is 2.11. The average Bonchev–Trinajstić information content (AvgIpc) is 2.44. The Kier molecular flexibility index (Phi) is 7.03. The predicted octanol–water partition coefficient (Wildman–Crippen LogP) is 2.93. The maximum atomic E-state index is 6.11. The summed E-state index contributed by atoms with van der Waals surface area (Å²) in [5.41, 5.74) is 7.45. The lowest BCUT2D eigenvalue weighted by atomic mass is 10.0. The van der Waals surface area contributed by atoms with Crippen molar-refractivity contribution in [2.45, 2.75) is 45.7 Å². The van der Waals surface area contributed by atoms with Gasteiger partial charge in [0, 0.05) is 12.1 Å². The Labute approximate surface area is 124 Å². The molecule has 0 aromatic heterocycles. The molecule has 0 aliphatic heterocycles. The van der Waals surface area contributed by atoms with Gasteiger partial charge in [-0.1, -0.05) is 26.0 Å². The van der Waals surface area contributed by atoms with Crippen molar-refractivity contribution in [1.82, 2.24) is 4.90 Å². The van der Waals surface area contributed by atoms with Gasteiger partial charge in [0.15, 0.2) is 0 Å². The van der Waals surface area contributed by atoms with Gasteiger partial charge in [0.1, 0.15) is 5.75 Å². The van der Waals surface area contributed by atoms with Crippen LogP contribution in [0.1, 0.15) is 32.8 Å². The molecule has 0 saturated heterocycles. The molecule has 0 aliphatic carbocycles. The van der Waals surface area contributed by atoms with Crippen molar-refractivity contribution in [3.8, 4) is 5.75 Å². The fraction of sp³-hybridized carbons (Fsp3) is 0.647. The number of hydrogen-bond acceptors (Lipinski definition) is 3. The van der Waals surface area contributed by atoms with Crippen LogP contribution >= 0.6 is 0 Å². The van der Waals surface area contributed by atoms with Gasteiger partial charge in [0.2, 0.25) is 0 Å². The van der Waals surface area contributed by atoms with Crippen LogP contribution in [-0.4, -0.2) is 37.7 Å². The highest BCUT2D eigenvalue weighted by molar-refractivity contribution is 5.27. The molecule has 2 unspecified atom stereocenters. The van der Waals surface area contributed by atoms with Crippen LogP contribution in [0.15, 0.2) is 24.3 Å². The molecule has 0 fully saturated rings. The minimum absolute atomic E-state index is 0.297. The third kappa shape index (κ3) is 5.51. The molecule has 0 bridgehead atoms. The number of nitrogens with zero attached hydrogens (tertiary/aromatic N) is 1. The van der Waals surface area contributed by atoms with Gasteiger partial charge in [0.25, 0.3) is 0 Å². The molecule has 2 N–H and O–H groups in total. The molecule has 1 rings (SSSR count). The van der Waals surface area contributed by atoms with E-state index in [2.05, 4.69) is 44.9 Å². The van der Waals surface area contributed by atoms with Gasteiger partial charge >= 0.3 is 0 Å². The highest BCUT2D eigenvalue weighted by Gasteiger charge is 2.13. The van der Waals surface area contributed by atoms with Crippen LogP contribution in [0.25, 0.3) is 0 Å². The van der Waals surface area contributed by atoms with Crippen LogP contribution in [0.5, 0.6) is 5.75 Å². The number of benzene rings is 1. The zero-order valence-corrected chi connectivity index (χ0v) is 13.6. The summed E-state index contributed by atoms with van der Waals surface area (Å²) in [4.78, 5) is 2.40. The fourth-order valence-corrected chi connectivity index (χ4v) is 2.16. The number of methoxy groups -OCH3 is 1. The van der Waals surface area contributed by atoms with E-state index < -0.39 is 0 Å². The Morgan fingerprint density at radius 3 is 2.25 bits per heavy atom. The molecule has 0 aliphatic rings. The summed E-state index contributed by atoms with van der Waals surface area (Å²) < 4.78 is 5.18. The van der Waals surface area contributed by atoms with E-state index in [9.17, 15) is 0 Å². The molecular formula is C17H30N2O. The molecule has 2 atom stereocenters. The van der Waals surface area contributed by atoms with E-state index in [4.69, 9.17) is 10.5 Å². The largest absolute Gasteiger partial charge is 0.497 e. The van der Waals surface area contributed by atoms with Gasteiger partial charge in [-0.3, -0.25) is 0 Å². The van der Waals surface area contributed by atoms with E-state index in [0.29, 0.717) is 18.0 Å². The Bertz CT molecular complexity index is 375. The van der Waals surface area contributed by atoms with E-state index in [1.807, 2.05) is 12.1 Å². The Hall–Kier alpha value is -1.06. The second kappa shape index (κ2) is 8.28. The van der Waals surface area contributed by atoms with Gasteiger partial charge in [-0.15, -0.1) is 0 Å². The summed E-state index contributed by atoms with van der Waals surface area (Å²) in [6, 6.07) is 9.15. The van der Waals surface area contributed by atoms with Crippen molar-refractivity contribution in [3.63, 3.8) is 0 Å². The number of ether oxygens (including phenoxy) is 1. The molecule has 1 aromatic carbocycles. The molecule has 0 spiro atoms. The lowest BCUT2D eigenvalue weighted by Crippen LogP contribution is -2.36. The van der Waals surface area contributed by atoms with Crippen LogP contribution in [0.4, 0.5) is 0 Å². The summed E-state index contributed by atoms with van der Waals surface area (Å²) in [6.45, 7) is 7.69. The van der Waals surface area contributed by atoms with Crippen LogP contribution < -0.4 is 10.5 Å². The maximum absolute atomic E-state index is 6.11. The van der Waals surface area contributed by atoms with Crippen molar-refractivity contribution in [2.24, 2.45) is 11.7 Å². The molecule has 0 heterocycles. The van der Waals surface area contributed by atoms with E-state index in [0.717, 1.165) is 25.1 Å². The topological polar surface area (TPSA) is 38.5 Å². The predicted molar refractivity (Wildman–Crippen MR) is 86.2 cm³/mol. The van der Waals surface area contributed by atoms with E-state index in [1.165, 1.54) is 5.56 Å². The second-order valence-corrected chi connectivity index (χ2v) is 6.08. The Morgan fingerprint density at radius 2 is 1.75 bits per heavy atom. The van der Waals surface area contributed by atoms with Crippen LogP contribution in [0.3, 0.4) is 0 Å². The van der Waals surface area contributed by atoms with Gasteiger partial charge < -0.3 is 15.4 Å². The molecule has 3 nitrogen and oxygen atoms in total. The Morgan fingerprint density at radius 1 is 1.15 bits per heavy atom. The lowest BCUT2D eigenvalue weighted by molar-refractivity contribution is 0.239. The SMILES string of the molecule is COc1ccc(CC(C)N(C)CCC(N)C(C)C)cc1. The third-order valence-corrected chi connectivity index (χ3v) is 4.11. The molecule has 0 radical (unpaired) electrons. The first kappa shape index (κ1) is 17.0. The van der Waals surface area contributed by atoms with Crippen molar-refractivity contribution >= 4 is 0 Å². The summed E-state index contributed by atoms with van der Waals surface area (Å²) in [5, 5.41) is 0. The molecule has 0 amide bonds. The van der Waals surface area contributed by atoms with E-state index in [1.54, 1.807) is 7.11 Å². The van der Waals surface area contributed by atoms with Crippen LogP contribution in [-0.2, 0) is 6.42 Å². The van der Waals surface area contributed by atoms with E-state index in [-0.39, 0.29) is 0 Å². The first-order valence-corrected chi connectivity index (χ1v) is 7.52. The molecule has 3 heteroatoms. The van der Waals surface area contributed by atoms with Crippen molar-refractivity contribution in [1.29, 1.82) is 0 Å². The lowest BCUT2D eigenvalue weighted by Gasteiger charge is -2.27. The Balaban J connectivity index is 2.42. The van der Waals surface area contributed by atoms with Gasteiger partial charge in [-0.05, 0) is 57.0 Å². The molecule has 114 valence electrons. The van der Waals surface area contributed by atoms with Crippen molar-refractivity contribution in [2.75, 3.05) is 20.7 Å². The number of hydrogen-bond donors (Lipinski definition) is 1. The normalized spacial score (nSPS) is 14.6. The smallest absolute Gasteiger partial charge is 0.118 e. The third-order valence-electron chi connectivity index (χ3n) is 4.11. The first-order chi connectivity index (χ1) is 9.43. The number of rotatable bonds is 8. The average molecular weight is 278 g/mol.